The lowest BCUT2D eigenvalue weighted by atomic mass is 10.1. The molecule has 0 bridgehead atoms. The number of aromatic hydroxyl groups is 1. The van der Waals surface area contributed by atoms with Crippen molar-refractivity contribution in [2.75, 3.05) is 0 Å². The van der Waals surface area contributed by atoms with Crippen LogP contribution in [0.25, 0.3) is 5.57 Å². The average Bonchev–Trinajstić information content (AvgIpc) is 2.14. The third-order valence-corrected chi connectivity index (χ3v) is 2.56. The molecule has 0 aliphatic rings. The van der Waals surface area contributed by atoms with Crippen LogP contribution >= 0.6 is 7.68 Å². The Morgan fingerprint density at radius 1 is 1.47 bits per heavy atom. The van der Waals surface area contributed by atoms with Gasteiger partial charge in [0.15, 0.2) is 0 Å². The molecule has 1 rings (SSSR count). The van der Waals surface area contributed by atoms with Gasteiger partial charge in [0.25, 0.3) is 0 Å². The van der Waals surface area contributed by atoms with Crippen LogP contribution < -0.4 is 0 Å². The second-order valence-corrected chi connectivity index (χ2v) is 4.45. The molecule has 15 heavy (non-hydrogen) atoms. The Morgan fingerprint density at radius 2 is 2.00 bits per heavy atom. The van der Waals surface area contributed by atoms with E-state index in [-0.39, 0.29) is 5.75 Å². The van der Waals surface area contributed by atoms with Crippen LogP contribution in [0.5, 0.6) is 5.75 Å². The second-order valence-electron chi connectivity index (χ2n) is 3.10. The zero-order valence-electron chi connectivity index (χ0n) is 8.22. The normalized spacial score (nSPS) is 16.1. The third-order valence-electron chi connectivity index (χ3n) is 1.93. The second kappa shape index (κ2) is 4.60. The van der Waals surface area contributed by atoms with Crippen molar-refractivity contribution >= 4 is 13.3 Å². The summed E-state index contributed by atoms with van der Waals surface area (Å²) in [5, 5.41) is 9.05. The Labute approximate surface area is 87.5 Å². The van der Waals surface area contributed by atoms with Gasteiger partial charge in [-0.1, -0.05) is 19.1 Å². The maximum Gasteiger partial charge on any atom is 0.388 e. The number of hydrogen-bond donors (Lipinski definition) is 2. The van der Waals surface area contributed by atoms with E-state index in [1.807, 2.05) is 0 Å². The predicted octanol–water partition coefficient (Wildman–Crippen LogP) is 3.30. The van der Waals surface area contributed by atoms with E-state index in [1.54, 1.807) is 19.1 Å². The molecule has 0 saturated carbocycles. The summed E-state index contributed by atoms with van der Waals surface area (Å²) in [5.74, 6) is 0.834. The number of phenols is 1. The van der Waals surface area contributed by atoms with E-state index in [9.17, 15) is 8.76 Å². The maximum absolute atomic E-state index is 12.6. The molecule has 1 aromatic rings. The average molecular weight is 230 g/mol. The molecule has 3 nitrogen and oxygen atoms in total. The van der Waals surface area contributed by atoms with Crippen LogP contribution in [0.1, 0.15) is 18.9 Å². The summed E-state index contributed by atoms with van der Waals surface area (Å²) >= 11 is 0. The molecule has 1 aromatic carbocycles. The highest BCUT2D eigenvalue weighted by Gasteiger charge is 2.13. The highest BCUT2D eigenvalue weighted by atomic mass is 31.2. The van der Waals surface area contributed by atoms with E-state index < -0.39 is 7.68 Å². The third kappa shape index (κ3) is 3.86. The molecular formula is C10H12FO3P. The van der Waals surface area contributed by atoms with Gasteiger partial charge in [0.05, 0.1) is 0 Å². The molecule has 0 fully saturated rings. The molecule has 82 valence electrons. The van der Waals surface area contributed by atoms with Crippen molar-refractivity contribution in [1.82, 2.24) is 0 Å². The van der Waals surface area contributed by atoms with Gasteiger partial charge < -0.3 is 10.00 Å². The summed E-state index contributed by atoms with van der Waals surface area (Å²) in [5.41, 5.74) is 1.07. The van der Waals surface area contributed by atoms with Gasteiger partial charge >= 0.3 is 7.68 Å². The van der Waals surface area contributed by atoms with Crippen molar-refractivity contribution in [2.24, 2.45) is 0 Å². The lowest BCUT2D eigenvalue weighted by molar-refractivity contribution is 0.442. The lowest BCUT2D eigenvalue weighted by Gasteiger charge is -2.05. The van der Waals surface area contributed by atoms with Crippen LogP contribution in [0, 0.1) is 0 Å². The molecule has 0 aliphatic heterocycles. The van der Waals surface area contributed by atoms with E-state index in [4.69, 9.17) is 10.00 Å². The van der Waals surface area contributed by atoms with E-state index in [1.165, 1.54) is 12.1 Å². The summed E-state index contributed by atoms with van der Waals surface area (Å²) in [6, 6.07) is 6.03. The Kier molecular flexibility index (Phi) is 3.66. The molecule has 0 amide bonds. The molecular weight excluding hydrogens is 218 g/mol. The standard InChI is InChI=1S/C10H12FO3P/c1-2-8(7-15(11,13)14)9-3-5-10(12)6-4-9/h3-7,12H,2H2,1H3,(H,13,14). The van der Waals surface area contributed by atoms with Gasteiger partial charge in [-0.15, -0.1) is 0 Å². The quantitative estimate of drug-likeness (QED) is 0.783. The van der Waals surface area contributed by atoms with Crippen LogP contribution in [0.3, 0.4) is 0 Å². The fourth-order valence-electron chi connectivity index (χ4n) is 1.24. The summed E-state index contributed by atoms with van der Waals surface area (Å²) in [6.45, 7) is 1.76. The number of benzene rings is 1. The fraction of sp³-hybridized carbons (Fsp3) is 0.200. The van der Waals surface area contributed by atoms with Gasteiger partial charge in [-0.2, -0.15) is 4.20 Å². The predicted molar refractivity (Wildman–Crippen MR) is 57.3 cm³/mol. The van der Waals surface area contributed by atoms with Crippen molar-refractivity contribution in [3.05, 3.63) is 35.6 Å². The Morgan fingerprint density at radius 3 is 2.40 bits per heavy atom. The first-order valence-electron chi connectivity index (χ1n) is 4.45. The highest BCUT2D eigenvalue weighted by molar-refractivity contribution is 7.56. The summed E-state index contributed by atoms with van der Waals surface area (Å²) in [7, 11) is -4.64. The first kappa shape index (κ1) is 12.0. The number of phenolic OH excluding ortho intramolecular Hbond substituents is 1. The molecule has 1 unspecified atom stereocenters. The van der Waals surface area contributed by atoms with E-state index in [0.29, 0.717) is 17.6 Å². The van der Waals surface area contributed by atoms with Crippen molar-refractivity contribution in [1.29, 1.82) is 0 Å². The van der Waals surface area contributed by atoms with Crippen LogP contribution in [0.2, 0.25) is 0 Å². The van der Waals surface area contributed by atoms with E-state index in [2.05, 4.69) is 0 Å². The molecule has 1 atom stereocenters. The monoisotopic (exact) mass is 230 g/mol. The van der Waals surface area contributed by atoms with Gasteiger partial charge in [-0.05, 0) is 29.7 Å². The fourth-order valence-corrected chi connectivity index (χ4v) is 1.95. The molecule has 0 spiro atoms. The first-order valence-corrected chi connectivity index (χ1v) is 6.07. The van der Waals surface area contributed by atoms with Crippen LogP contribution in [-0.4, -0.2) is 10.00 Å². The van der Waals surface area contributed by atoms with Crippen molar-refractivity contribution in [2.45, 2.75) is 13.3 Å². The lowest BCUT2D eigenvalue weighted by Crippen LogP contribution is -1.82. The van der Waals surface area contributed by atoms with Crippen LogP contribution in [0.15, 0.2) is 30.1 Å². The highest BCUT2D eigenvalue weighted by Crippen LogP contribution is 2.46. The topological polar surface area (TPSA) is 57.5 Å². The number of halogens is 1. The zero-order chi connectivity index (χ0) is 11.5. The van der Waals surface area contributed by atoms with E-state index >= 15 is 0 Å². The van der Waals surface area contributed by atoms with Gasteiger partial charge in [0, 0.05) is 5.82 Å². The van der Waals surface area contributed by atoms with E-state index in [0.717, 1.165) is 5.82 Å². The van der Waals surface area contributed by atoms with Crippen molar-refractivity contribution in [3.63, 3.8) is 0 Å². The van der Waals surface area contributed by atoms with Crippen molar-refractivity contribution in [3.8, 4) is 5.75 Å². The first-order chi connectivity index (χ1) is 6.92. The SMILES string of the molecule is CCC(=CP(=O)(O)F)c1ccc(O)cc1. The molecule has 0 aliphatic carbocycles. The largest absolute Gasteiger partial charge is 0.508 e. The smallest absolute Gasteiger partial charge is 0.388 e. The number of hydrogen-bond acceptors (Lipinski definition) is 2. The summed E-state index contributed by atoms with van der Waals surface area (Å²) in [6.07, 6.45) is 0.444. The Balaban J connectivity index is 3.08. The molecule has 0 aromatic heterocycles. The maximum atomic E-state index is 12.6. The Bertz CT molecular complexity index is 405. The minimum Gasteiger partial charge on any atom is -0.508 e. The number of rotatable bonds is 3. The summed E-state index contributed by atoms with van der Waals surface area (Å²) in [4.78, 5) is 8.60. The van der Waals surface area contributed by atoms with Gasteiger partial charge in [-0.3, -0.25) is 4.57 Å². The summed E-state index contributed by atoms with van der Waals surface area (Å²) < 4.78 is 23.2. The van der Waals surface area contributed by atoms with Gasteiger partial charge in [0.1, 0.15) is 5.75 Å². The van der Waals surface area contributed by atoms with Gasteiger partial charge in [0.2, 0.25) is 0 Å². The molecule has 2 N–H and O–H groups in total. The zero-order valence-corrected chi connectivity index (χ0v) is 9.12. The Hall–Kier alpha value is -1.12. The van der Waals surface area contributed by atoms with Gasteiger partial charge in [-0.25, -0.2) is 0 Å². The minimum atomic E-state index is -4.64. The molecule has 0 heterocycles. The van der Waals surface area contributed by atoms with Crippen LogP contribution in [-0.2, 0) is 4.57 Å². The molecule has 0 radical (unpaired) electrons. The van der Waals surface area contributed by atoms with Crippen LogP contribution in [0.4, 0.5) is 4.20 Å². The molecule has 0 saturated heterocycles. The minimum absolute atomic E-state index is 0.0987. The van der Waals surface area contributed by atoms with Crippen molar-refractivity contribution < 1.29 is 18.8 Å². The molecule has 5 heteroatoms. The number of allylic oxidation sites excluding steroid dienone is 1.